The number of aryl methyl sites for hydroxylation is 2. The second-order valence-corrected chi connectivity index (χ2v) is 5.85. The van der Waals surface area contributed by atoms with Gasteiger partial charge in [0, 0.05) is 38.6 Å². The van der Waals surface area contributed by atoms with Gasteiger partial charge < -0.3 is 15.5 Å². The molecule has 8 heteroatoms. The first kappa shape index (κ1) is 17.7. The van der Waals surface area contributed by atoms with Crippen LogP contribution in [0.1, 0.15) is 24.2 Å². The largest absolute Gasteiger partial charge is 0.373 e. The average Bonchev–Trinajstić information content (AvgIpc) is 2.76. The topological polar surface area (TPSA) is 62.2 Å². The van der Waals surface area contributed by atoms with E-state index in [0.717, 1.165) is 23.4 Å². The molecule has 0 aliphatic carbocycles. The van der Waals surface area contributed by atoms with Crippen molar-refractivity contribution < 1.29 is 13.6 Å². The predicted molar refractivity (Wildman–Crippen MR) is 89.2 cm³/mol. The Labute approximate surface area is 139 Å². The Balaban J connectivity index is 2.09. The van der Waals surface area contributed by atoms with Crippen LogP contribution in [0, 0.1) is 18.6 Å². The van der Waals surface area contributed by atoms with Crippen LogP contribution in [0.25, 0.3) is 0 Å². The lowest BCUT2D eigenvalue weighted by atomic mass is 10.1. The Morgan fingerprint density at radius 2 is 1.88 bits per heavy atom. The first-order valence-corrected chi connectivity index (χ1v) is 7.43. The average molecular weight is 337 g/mol. The van der Waals surface area contributed by atoms with Crippen LogP contribution in [0.2, 0.25) is 0 Å². The first-order valence-electron chi connectivity index (χ1n) is 7.43. The summed E-state index contributed by atoms with van der Waals surface area (Å²) in [6.07, 6.45) is 1.81. The Bertz CT molecular complexity index is 734. The molecular formula is C16H21F2N5O. The van der Waals surface area contributed by atoms with Crippen LogP contribution in [0.3, 0.4) is 0 Å². The van der Waals surface area contributed by atoms with Crippen LogP contribution in [0.15, 0.2) is 18.3 Å². The molecule has 1 aromatic heterocycles. The highest BCUT2D eigenvalue weighted by Crippen LogP contribution is 2.25. The minimum absolute atomic E-state index is 0.0446. The van der Waals surface area contributed by atoms with Gasteiger partial charge in [-0.15, -0.1) is 0 Å². The zero-order valence-corrected chi connectivity index (χ0v) is 14.3. The molecule has 1 heterocycles. The molecular weight excluding hydrogens is 316 g/mol. The molecule has 2 N–H and O–H groups in total. The lowest BCUT2D eigenvalue weighted by molar-refractivity contribution is 0.249. The molecule has 130 valence electrons. The normalized spacial score (nSPS) is 12.0. The lowest BCUT2D eigenvalue weighted by Gasteiger charge is -2.17. The SMILES string of the molecule is Cc1nn(C)cc1C(C)NC(=O)Nc1cc(F)c(N(C)C)c(F)c1. The predicted octanol–water partition coefficient (Wildman–Crippen LogP) is 2.96. The molecule has 2 rings (SSSR count). The summed E-state index contributed by atoms with van der Waals surface area (Å²) in [5.41, 5.74) is 1.56. The maximum absolute atomic E-state index is 13.9. The number of amides is 2. The van der Waals surface area contributed by atoms with E-state index < -0.39 is 17.7 Å². The maximum atomic E-state index is 13.9. The Morgan fingerprint density at radius 1 is 1.29 bits per heavy atom. The number of carbonyl (C=O) groups excluding carboxylic acids is 1. The minimum atomic E-state index is -0.744. The zero-order valence-electron chi connectivity index (χ0n) is 14.3. The van der Waals surface area contributed by atoms with E-state index >= 15 is 0 Å². The molecule has 2 aromatic rings. The summed E-state index contributed by atoms with van der Waals surface area (Å²) in [7, 11) is 4.87. The van der Waals surface area contributed by atoms with Crippen molar-refractivity contribution >= 4 is 17.4 Å². The minimum Gasteiger partial charge on any atom is -0.373 e. The number of benzene rings is 1. The fourth-order valence-corrected chi connectivity index (χ4v) is 2.55. The third kappa shape index (κ3) is 3.81. The quantitative estimate of drug-likeness (QED) is 0.902. The van der Waals surface area contributed by atoms with E-state index in [2.05, 4.69) is 15.7 Å². The highest BCUT2D eigenvalue weighted by Gasteiger charge is 2.17. The van der Waals surface area contributed by atoms with Crippen LogP contribution >= 0.6 is 0 Å². The van der Waals surface area contributed by atoms with Crippen LogP contribution < -0.4 is 15.5 Å². The van der Waals surface area contributed by atoms with Gasteiger partial charge in [0.1, 0.15) is 5.69 Å². The number of aromatic nitrogens is 2. The Morgan fingerprint density at radius 3 is 2.33 bits per heavy atom. The number of hydrogen-bond donors (Lipinski definition) is 2. The fourth-order valence-electron chi connectivity index (χ4n) is 2.55. The number of urea groups is 1. The van der Waals surface area contributed by atoms with E-state index in [-0.39, 0.29) is 17.4 Å². The summed E-state index contributed by atoms with van der Waals surface area (Å²) in [5, 5.41) is 9.37. The molecule has 0 saturated heterocycles. The number of nitrogens with zero attached hydrogens (tertiary/aromatic N) is 3. The van der Waals surface area contributed by atoms with E-state index in [1.165, 1.54) is 4.90 Å². The van der Waals surface area contributed by atoms with Gasteiger partial charge in [0.25, 0.3) is 0 Å². The van der Waals surface area contributed by atoms with Gasteiger partial charge in [0.2, 0.25) is 0 Å². The number of carbonyl (C=O) groups is 1. The molecule has 0 spiro atoms. The third-order valence-corrected chi connectivity index (χ3v) is 3.59. The number of hydrogen-bond acceptors (Lipinski definition) is 3. The first-order chi connectivity index (χ1) is 11.2. The van der Waals surface area contributed by atoms with Crippen LogP contribution in [-0.4, -0.2) is 29.9 Å². The Kier molecular flexibility index (Phi) is 5.06. The van der Waals surface area contributed by atoms with Gasteiger partial charge in [0.15, 0.2) is 11.6 Å². The maximum Gasteiger partial charge on any atom is 0.319 e. The van der Waals surface area contributed by atoms with Crippen LogP contribution in [0.5, 0.6) is 0 Å². The van der Waals surface area contributed by atoms with Gasteiger partial charge >= 0.3 is 6.03 Å². The molecule has 1 atom stereocenters. The van der Waals surface area contributed by atoms with Crippen LogP contribution in [0.4, 0.5) is 25.0 Å². The van der Waals surface area contributed by atoms with Crippen molar-refractivity contribution in [2.24, 2.45) is 7.05 Å². The molecule has 0 aliphatic rings. The molecule has 24 heavy (non-hydrogen) atoms. The molecule has 0 bridgehead atoms. The van der Waals surface area contributed by atoms with Crippen molar-refractivity contribution in [1.29, 1.82) is 0 Å². The van der Waals surface area contributed by atoms with Crippen molar-refractivity contribution in [3.63, 3.8) is 0 Å². The molecule has 0 aliphatic heterocycles. The van der Waals surface area contributed by atoms with Crippen molar-refractivity contribution in [2.45, 2.75) is 19.9 Å². The van der Waals surface area contributed by atoms with Gasteiger partial charge in [-0.1, -0.05) is 0 Å². The number of rotatable bonds is 4. The summed E-state index contributed by atoms with van der Waals surface area (Å²) in [6, 6.07) is 1.31. The second kappa shape index (κ2) is 6.86. The van der Waals surface area contributed by atoms with Gasteiger partial charge in [-0.3, -0.25) is 4.68 Å². The van der Waals surface area contributed by atoms with Gasteiger partial charge in [-0.25, -0.2) is 13.6 Å². The summed E-state index contributed by atoms with van der Waals surface area (Å²) in [5.74, 6) is -1.49. The number of nitrogens with one attached hydrogen (secondary N) is 2. The van der Waals surface area contributed by atoms with Crippen molar-refractivity contribution in [3.05, 3.63) is 41.2 Å². The summed E-state index contributed by atoms with van der Waals surface area (Å²) in [4.78, 5) is 13.4. The molecule has 0 saturated carbocycles. The summed E-state index contributed by atoms with van der Waals surface area (Å²) in [6.45, 7) is 3.65. The zero-order chi connectivity index (χ0) is 18.0. The lowest BCUT2D eigenvalue weighted by Crippen LogP contribution is -2.31. The van der Waals surface area contributed by atoms with Gasteiger partial charge in [0.05, 0.1) is 11.7 Å². The standard InChI is InChI=1S/C16H21F2N5O/c1-9(12-8-23(5)21-10(12)2)19-16(24)20-11-6-13(17)15(22(3)4)14(18)7-11/h6-9H,1-5H3,(H2,19,20,24). The van der Waals surface area contributed by atoms with Crippen LogP contribution in [-0.2, 0) is 7.05 Å². The molecule has 0 radical (unpaired) electrons. The van der Waals surface area contributed by atoms with Crippen molar-refractivity contribution in [2.75, 3.05) is 24.3 Å². The van der Waals surface area contributed by atoms with Crippen molar-refractivity contribution in [3.8, 4) is 0 Å². The highest BCUT2D eigenvalue weighted by atomic mass is 19.1. The van der Waals surface area contributed by atoms with Gasteiger partial charge in [-0.2, -0.15) is 5.10 Å². The Hall–Kier alpha value is -2.64. The molecule has 1 unspecified atom stereocenters. The molecule has 6 nitrogen and oxygen atoms in total. The molecule has 0 fully saturated rings. The van der Waals surface area contributed by atoms with E-state index in [9.17, 15) is 13.6 Å². The molecule has 2 amide bonds. The third-order valence-electron chi connectivity index (χ3n) is 3.59. The summed E-state index contributed by atoms with van der Waals surface area (Å²) >= 11 is 0. The van der Waals surface area contributed by atoms with E-state index in [1.54, 1.807) is 32.7 Å². The second-order valence-electron chi connectivity index (χ2n) is 5.85. The van der Waals surface area contributed by atoms with E-state index in [1.807, 2.05) is 13.1 Å². The van der Waals surface area contributed by atoms with Gasteiger partial charge in [-0.05, 0) is 26.0 Å². The van der Waals surface area contributed by atoms with E-state index in [0.29, 0.717) is 0 Å². The highest BCUT2D eigenvalue weighted by molar-refractivity contribution is 5.89. The monoisotopic (exact) mass is 337 g/mol. The fraction of sp³-hybridized carbons (Fsp3) is 0.375. The van der Waals surface area contributed by atoms with E-state index in [4.69, 9.17) is 0 Å². The van der Waals surface area contributed by atoms with Crippen molar-refractivity contribution in [1.82, 2.24) is 15.1 Å². The molecule has 1 aromatic carbocycles. The smallest absolute Gasteiger partial charge is 0.319 e. The number of anilines is 2. The number of halogens is 2. The summed E-state index contributed by atoms with van der Waals surface area (Å²) < 4.78 is 29.5.